The highest BCUT2D eigenvalue weighted by Crippen LogP contribution is 2.10. The van der Waals surface area contributed by atoms with Gasteiger partial charge in [0.25, 0.3) is 5.56 Å². The molecule has 3 rings (SSSR count). The van der Waals surface area contributed by atoms with Gasteiger partial charge in [-0.15, -0.1) is 0 Å². The van der Waals surface area contributed by atoms with Crippen LogP contribution in [0.2, 0.25) is 0 Å². The summed E-state index contributed by atoms with van der Waals surface area (Å²) < 4.78 is 2.97. The molecule has 0 aliphatic rings. The highest BCUT2D eigenvalue weighted by Gasteiger charge is 2.04. The number of rotatable bonds is 1. The number of halogens is 1. The summed E-state index contributed by atoms with van der Waals surface area (Å²) in [6, 6.07) is 7.76. The van der Waals surface area contributed by atoms with Crippen LogP contribution in [0, 0.1) is 0 Å². The van der Waals surface area contributed by atoms with Crippen LogP contribution in [0.3, 0.4) is 0 Å². The van der Waals surface area contributed by atoms with Crippen molar-refractivity contribution in [2.45, 2.75) is 0 Å². The van der Waals surface area contributed by atoms with Crippen molar-refractivity contribution in [3.63, 3.8) is 0 Å². The topological polar surface area (TPSA) is 47.3 Å². The fourth-order valence-electron chi connectivity index (χ4n) is 1.49. The lowest BCUT2D eigenvalue weighted by Crippen LogP contribution is -2.23. The molecule has 4 nitrogen and oxygen atoms in total. The molecule has 0 amide bonds. The Hall–Kier alpha value is -1.53. The Morgan fingerprint density at radius 3 is 2.76 bits per heavy atom. The zero-order valence-electron chi connectivity index (χ0n) is 8.50. The van der Waals surface area contributed by atoms with E-state index in [9.17, 15) is 4.79 Å². The molecular weight excluding hydrogens is 302 g/mol. The molecule has 0 N–H and O–H groups in total. The van der Waals surface area contributed by atoms with Crippen LogP contribution in [0.25, 0.3) is 11.0 Å². The standard InChI is InChI=1S/C11H6BrN3OS/c12-8-3-1-7(2-4-8)5-9-10(16)15-11(17-9)13-6-14-15/h1-6H. The average Bonchev–Trinajstić information content (AvgIpc) is 2.87. The largest absolute Gasteiger partial charge is 0.291 e. The normalized spacial score (nSPS) is 12.4. The van der Waals surface area contributed by atoms with E-state index in [1.165, 1.54) is 22.2 Å². The van der Waals surface area contributed by atoms with E-state index in [1.54, 1.807) is 0 Å². The van der Waals surface area contributed by atoms with Crippen molar-refractivity contribution < 1.29 is 0 Å². The van der Waals surface area contributed by atoms with Crippen molar-refractivity contribution in [2.24, 2.45) is 0 Å². The van der Waals surface area contributed by atoms with E-state index in [0.717, 1.165) is 10.0 Å². The predicted molar refractivity (Wildman–Crippen MR) is 70.1 cm³/mol. The third kappa shape index (κ3) is 1.89. The van der Waals surface area contributed by atoms with Gasteiger partial charge in [0.05, 0.1) is 4.53 Å². The fraction of sp³-hybridized carbons (Fsp3) is 0. The average molecular weight is 308 g/mol. The van der Waals surface area contributed by atoms with Crippen molar-refractivity contribution in [3.05, 3.63) is 55.5 Å². The van der Waals surface area contributed by atoms with Gasteiger partial charge in [-0.25, -0.2) is 4.98 Å². The molecule has 6 heteroatoms. The van der Waals surface area contributed by atoms with Gasteiger partial charge >= 0.3 is 0 Å². The Labute approximate surface area is 108 Å². The second-order valence-corrected chi connectivity index (χ2v) is 5.35. The Bertz CT molecular complexity index is 775. The summed E-state index contributed by atoms with van der Waals surface area (Å²) in [4.78, 5) is 16.5. The first-order valence-corrected chi connectivity index (χ1v) is 6.45. The first-order chi connectivity index (χ1) is 8.24. The molecule has 17 heavy (non-hydrogen) atoms. The number of hydrogen-bond donors (Lipinski definition) is 0. The van der Waals surface area contributed by atoms with E-state index in [1.807, 2.05) is 30.3 Å². The third-order valence-electron chi connectivity index (χ3n) is 2.29. The van der Waals surface area contributed by atoms with Gasteiger partial charge in [0.2, 0.25) is 4.96 Å². The Kier molecular flexibility index (Phi) is 2.53. The van der Waals surface area contributed by atoms with Crippen LogP contribution in [-0.2, 0) is 0 Å². The second-order valence-electron chi connectivity index (χ2n) is 3.42. The summed E-state index contributed by atoms with van der Waals surface area (Å²) in [7, 11) is 0. The van der Waals surface area contributed by atoms with Gasteiger partial charge in [0.15, 0.2) is 0 Å². The quantitative estimate of drug-likeness (QED) is 0.684. The van der Waals surface area contributed by atoms with Crippen LogP contribution in [0.15, 0.2) is 39.9 Å². The van der Waals surface area contributed by atoms with Gasteiger partial charge in [-0.1, -0.05) is 39.4 Å². The van der Waals surface area contributed by atoms with Crippen LogP contribution in [-0.4, -0.2) is 14.6 Å². The minimum absolute atomic E-state index is 0.120. The second kappa shape index (κ2) is 4.05. The Morgan fingerprint density at radius 1 is 1.29 bits per heavy atom. The molecular formula is C11H6BrN3OS. The monoisotopic (exact) mass is 307 g/mol. The molecule has 0 saturated heterocycles. The summed E-state index contributed by atoms with van der Waals surface area (Å²) in [5.41, 5.74) is 0.861. The lowest BCUT2D eigenvalue weighted by atomic mass is 10.2. The van der Waals surface area contributed by atoms with Gasteiger partial charge < -0.3 is 0 Å². The SMILES string of the molecule is O=c1c(=Cc2ccc(Br)cc2)sc2ncnn12. The molecule has 0 bridgehead atoms. The molecule has 3 aromatic rings. The van der Waals surface area contributed by atoms with E-state index in [2.05, 4.69) is 26.0 Å². The highest BCUT2D eigenvalue weighted by atomic mass is 79.9. The van der Waals surface area contributed by atoms with Crippen LogP contribution in [0.1, 0.15) is 5.56 Å². The zero-order valence-corrected chi connectivity index (χ0v) is 10.9. The molecule has 84 valence electrons. The first-order valence-electron chi connectivity index (χ1n) is 4.84. The number of fused-ring (bicyclic) bond motifs is 1. The summed E-state index contributed by atoms with van der Waals surface area (Å²) >= 11 is 4.71. The van der Waals surface area contributed by atoms with Crippen LogP contribution in [0.4, 0.5) is 0 Å². The molecule has 0 saturated carbocycles. The van der Waals surface area contributed by atoms with Crippen LogP contribution in [0.5, 0.6) is 0 Å². The van der Waals surface area contributed by atoms with Crippen LogP contribution < -0.4 is 10.1 Å². The number of nitrogens with zero attached hydrogens (tertiary/aromatic N) is 3. The van der Waals surface area contributed by atoms with Crippen molar-refractivity contribution in [1.29, 1.82) is 0 Å². The number of thiazole rings is 1. The maximum Gasteiger partial charge on any atom is 0.291 e. The molecule has 0 atom stereocenters. The summed E-state index contributed by atoms with van der Waals surface area (Å²) in [6.45, 7) is 0. The fourth-order valence-corrected chi connectivity index (χ4v) is 2.63. The van der Waals surface area contributed by atoms with Crippen molar-refractivity contribution in [1.82, 2.24) is 14.6 Å². The highest BCUT2D eigenvalue weighted by molar-refractivity contribution is 9.10. The van der Waals surface area contributed by atoms with E-state index in [0.29, 0.717) is 9.49 Å². The molecule has 0 aliphatic heterocycles. The Morgan fingerprint density at radius 2 is 2.06 bits per heavy atom. The lowest BCUT2D eigenvalue weighted by Gasteiger charge is -1.91. The van der Waals surface area contributed by atoms with Crippen LogP contribution >= 0.6 is 27.3 Å². The van der Waals surface area contributed by atoms with Gasteiger partial charge in [0, 0.05) is 4.47 Å². The van der Waals surface area contributed by atoms with Gasteiger partial charge in [0.1, 0.15) is 6.33 Å². The maximum atomic E-state index is 11.9. The van der Waals surface area contributed by atoms with Crippen molar-refractivity contribution in [3.8, 4) is 0 Å². The summed E-state index contributed by atoms with van der Waals surface area (Å²) in [6.07, 6.45) is 3.23. The lowest BCUT2D eigenvalue weighted by molar-refractivity contribution is 0.932. The van der Waals surface area contributed by atoms with Gasteiger partial charge in [-0.2, -0.15) is 9.61 Å². The summed E-state index contributed by atoms with van der Waals surface area (Å²) in [5.74, 6) is 0. The number of benzene rings is 1. The van der Waals surface area contributed by atoms with Gasteiger partial charge in [-0.3, -0.25) is 4.79 Å². The predicted octanol–water partition coefficient (Wildman–Crippen LogP) is 1.46. The molecule has 0 spiro atoms. The zero-order chi connectivity index (χ0) is 11.8. The minimum atomic E-state index is -0.120. The summed E-state index contributed by atoms with van der Waals surface area (Å²) in [5, 5.41) is 3.87. The molecule has 0 aliphatic carbocycles. The van der Waals surface area contributed by atoms with E-state index in [-0.39, 0.29) is 5.56 Å². The minimum Gasteiger partial charge on any atom is -0.266 e. The van der Waals surface area contributed by atoms with E-state index >= 15 is 0 Å². The molecule has 0 radical (unpaired) electrons. The molecule has 2 heterocycles. The van der Waals surface area contributed by atoms with E-state index in [4.69, 9.17) is 0 Å². The molecule has 2 aromatic heterocycles. The third-order valence-corrected chi connectivity index (χ3v) is 3.79. The van der Waals surface area contributed by atoms with Crippen molar-refractivity contribution in [2.75, 3.05) is 0 Å². The smallest absolute Gasteiger partial charge is 0.266 e. The maximum absolute atomic E-state index is 11.9. The van der Waals surface area contributed by atoms with E-state index < -0.39 is 0 Å². The Balaban J connectivity index is 2.20. The first kappa shape index (κ1) is 10.6. The molecule has 0 fully saturated rings. The number of aromatic nitrogens is 3. The van der Waals surface area contributed by atoms with Gasteiger partial charge in [-0.05, 0) is 23.8 Å². The molecule has 1 aromatic carbocycles. The number of hydrogen-bond acceptors (Lipinski definition) is 4. The van der Waals surface area contributed by atoms with Crippen molar-refractivity contribution >= 4 is 38.3 Å². The molecule has 0 unspecified atom stereocenters.